The highest BCUT2D eigenvalue weighted by Crippen LogP contribution is 2.26. The minimum atomic E-state index is -1.13. The van der Waals surface area contributed by atoms with Crippen LogP contribution in [0.2, 0.25) is 0 Å². The molecule has 178 valence electrons. The number of nitrogens with zero attached hydrogens (tertiary/aromatic N) is 2. The van der Waals surface area contributed by atoms with Crippen molar-refractivity contribution in [3.05, 3.63) is 54.1 Å². The highest BCUT2D eigenvalue weighted by atomic mass is 19.1. The van der Waals surface area contributed by atoms with Gasteiger partial charge in [-0.15, -0.1) is 0 Å². The van der Waals surface area contributed by atoms with E-state index in [2.05, 4.69) is 24.0 Å². The van der Waals surface area contributed by atoms with Gasteiger partial charge in [0.15, 0.2) is 0 Å². The van der Waals surface area contributed by atoms with Crippen molar-refractivity contribution in [1.29, 1.82) is 0 Å². The molecule has 2 aliphatic rings. The zero-order chi connectivity index (χ0) is 23.4. The van der Waals surface area contributed by atoms with Crippen molar-refractivity contribution in [2.75, 3.05) is 39.3 Å². The van der Waals surface area contributed by atoms with Gasteiger partial charge in [0.05, 0.1) is 6.61 Å². The van der Waals surface area contributed by atoms with Gasteiger partial charge in [-0.25, -0.2) is 4.39 Å². The summed E-state index contributed by atoms with van der Waals surface area (Å²) < 4.78 is 19.9. The molecule has 0 aliphatic carbocycles. The maximum atomic E-state index is 13.8. The predicted octanol–water partition coefficient (Wildman–Crippen LogP) is 5.67. The van der Waals surface area contributed by atoms with Gasteiger partial charge in [0.1, 0.15) is 11.4 Å². The van der Waals surface area contributed by atoms with Crippen molar-refractivity contribution in [3.8, 4) is 16.9 Å². The van der Waals surface area contributed by atoms with Gasteiger partial charge in [0.25, 0.3) is 5.91 Å². The van der Waals surface area contributed by atoms with Gasteiger partial charge in [0.2, 0.25) is 0 Å². The van der Waals surface area contributed by atoms with Crippen molar-refractivity contribution < 1.29 is 13.9 Å². The molecule has 2 fully saturated rings. The Labute approximate surface area is 197 Å². The summed E-state index contributed by atoms with van der Waals surface area (Å²) in [6.07, 6.45) is 3.19. The molecule has 2 saturated heterocycles. The molecular formula is C28H37FN2O2. The molecule has 1 unspecified atom stereocenters. The zero-order valence-corrected chi connectivity index (χ0v) is 20.2. The third-order valence-corrected chi connectivity index (χ3v) is 6.82. The molecule has 4 rings (SSSR count). The number of halogens is 1. The first-order valence-corrected chi connectivity index (χ1v) is 12.3. The average Bonchev–Trinajstić information content (AvgIpc) is 3.24. The molecule has 33 heavy (non-hydrogen) atoms. The van der Waals surface area contributed by atoms with Gasteiger partial charge >= 0.3 is 0 Å². The van der Waals surface area contributed by atoms with Crippen molar-refractivity contribution in [2.24, 2.45) is 11.8 Å². The molecule has 2 aromatic rings. The molecule has 2 aromatic carbocycles. The summed E-state index contributed by atoms with van der Waals surface area (Å²) in [6, 6.07) is 16.1. The summed E-state index contributed by atoms with van der Waals surface area (Å²) in [6.45, 7) is 10.3. The van der Waals surface area contributed by atoms with Crippen LogP contribution in [0.15, 0.2) is 48.5 Å². The maximum absolute atomic E-state index is 13.8. The normalized spacial score (nSPS) is 20.2. The van der Waals surface area contributed by atoms with Gasteiger partial charge in [-0.1, -0.05) is 31.2 Å². The van der Waals surface area contributed by atoms with Crippen molar-refractivity contribution in [1.82, 2.24) is 9.80 Å². The van der Waals surface area contributed by atoms with Crippen LogP contribution in [0.4, 0.5) is 4.39 Å². The van der Waals surface area contributed by atoms with E-state index in [9.17, 15) is 9.18 Å². The molecular weight excluding hydrogens is 415 g/mol. The van der Waals surface area contributed by atoms with E-state index in [0.29, 0.717) is 25.0 Å². The van der Waals surface area contributed by atoms with Crippen LogP contribution < -0.4 is 4.74 Å². The van der Waals surface area contributed by atoms with Crippen LogP contribution in [0.3, 0.4) is 0 Å². The second kappa shape index (κ2) is 10.3. The van der Waals surface area contributed by atoms with Gasteiger partial charge in [0, 0.05) is 25.2 Å². The number of piperidine rings is 1. The van der Waals surface area contributed by atoms with E-state index in [1.807, 2.05) is 41.3 Å². The number of amides is 1. The average molecular weight is 453 g/mol. The minimum Gasteiger partial charge on any atom is -0.493 e. The number of carbonyl (C=O) groups excluding carboxylic acids is 1. The van der Waals surface area contributed by atoms with Gasteiger partial charge < -0.3 is 14.5 Å². The highest BCUT2D eigenvalue weighted by molar-refractivity contribution is 5.94. The van der Waals surface area contributed by atoms with Gasteiger partial charge in [-0.3, -0.25) is 4.79 Å². The minimum absolute atomic E-state index is 0.133. The van der Waals surface area contributed by atoms with Crippen LogP contribution in [-0.2, 0) is 0 Å². The van der Waals surface area contributed by atoms with E-state index >= 15 is 0 Å². The smallest absolute Gasteiger partial charge is 0.253 e. The first-order valence-electron chi connectivity index (χ1n) is 12.3. The predicted molar refractivity (Wildman–Crippen MR) is 131 cm³/mol. The Morgan fingerprint density at radius 1 is 0.970 bits per heavy atom. The molecule has 4 nitrogen and oxygen atoms in total. The molecule has 2 aliphatic heterocycles. The lowest BCUT2D eigenvalue weighted by molar-refractivity contribution is 0.0787. The second-order valence-electron chi connectivity index (χ2n) is 10.5. The summed E-state index contributed by atoms with van der Waals surface area (Å²) in [5, 5.41) is 0. The van der Waals surface area contributed by atoms with Crippen LogP contribution >= 0.6 is 0 Å². The Balaban J connectivity index is 1.26. The van der Waals surface area contributed by atoms with Crippen molar-refractivity contribution >= 4 is 5.91 Å². The standard InChI is InChI=1S/C28H37FN2O2/c1-21-12-17-31(18-21)27(32)25-6-4-23(5-7-25)24-8-10-26(11-9-24)33-19-22-13-15-30(16-14-22)20-28(2,3)29/h4-11,21-22H,12-20H2,1-3H3. The fraction of sp³-hybridized carbons (Fsp3) is 0.536. The Morgan fingerprint density at radius 2 is 1.58 bits per heavy atom. The molecule has 0 spiro atoms. The molecule has 2 heterocycles. The summed E-state index contributed by atoms with van der Waals surface area (Å²) in [5.74, 6) is 2.12. The van der Waals surface area contributed by atoms with Crippen LogP contribution in [0.1, 0.15) is 50.4 Å². The topological polar surface area (TPSA) is 32.8 Å². The van der Waals surface area contributed by atoms with Crippen LogP contribution in [0.5, 0.6) is 5.75 Å². The second-order valence-corrected chi connectivity index (χ2v) is 10.5. The summed E-state index contributed by atoms with van der Waals surface area (Å²) >= 11 is 0. The molecule has 1 amide bonds. The molecule has 0 aromatic heterocycles. The SMILES string of the molecule is CC1CCN(C(=O)c2ccc(-c3ccc(OCC4CCN(CC(C)(C)F)CC4)cc3)cc2)C1. The zero-order valence-electron chi connectivity index (χ0n) is 20.2. The van der Waals surface area contributed by atoms with E-state index < -0.39 is 5.67 Å². The van der Waals surface area contributed by atoms with E-state index in [1.54, 1.807) is 13.8 Å². The van der Waals surface area contributed by atoms with Crippen LogP contribution in [-0.4, -0.2) is 60.7 Å². The Bertz CT molecular complexity index is 912. The van der Waals surface area contributed by atoms with Gasteiger partial charge in [-0.05, 0) is 93.4 Å². The largest absolute Gasteiger partial charge is 0.493 e. The van der Waals surface area contributed by atoms with Crippen LogP contribution in [0, 0.1) is 11.8 Å². The lowest BCUT2D eigenvalue weighted by Crippen LogP contribution is -2.41. The molecule has 5 heteroatoms. The van der Waals surface area contributed by atoms with Gasteiger partial charge in [-0.2, -0.15) is 0 Å². The number of alkyl halides is 1. The summed E-state index contributed by atoms with van der Waals surface area (Å²) in [7, 11) is 0. The highest BCUT2D eigenvalue weighted by Gasteiger charge is 2.26. The van der Waals surface area contributed by atoms with E-state index in [4.69, 9.17) is 4.74 Å². The Kier molecular flexibility index (Phi) is 7.38. The number of benzene rings is 2. The Morgan fingerprint density at radius 3 is 2.12 bits per heavy atom. The number of hydrogen-bond donors (Lipinski definition) is 0. The number of ether oxygens (including phenoxy) is 1. The molecule has 0 radical (unpaired) electrons. The lowest BCUT2D eigenvalue weighted by Gasteiger charge is -2.34. The fourth-order valence-corrected chi connectivity index (χ4v) is 4.91. The summed E-state index contributed by atoms with van der Waals surface area (Å²) in [4.78, 5) is 16.8. The van der Waals surface area contributed by atoms with E-state index in [-0.39, 0.29) is 5.91 Å². The fourth-order valence-electron chi connectivity index (χ4n) is 4.91. The van der Waals surface area contributed by atoms with Crippen molar-refractivity contribution in [2.45, 2.75) is 45.7 Å². The molecule has 0 saturated carbocycles. The molecule has 0 N–H and O–H groups in total. The number of likely N-dealkylation sites (tertiary alicyclic amines) is 2. The number of hydrogen-bond acceptors (Lipinski definition) is 3. The van der Waals surface area contributed by atoms with E-state index in [1.165, 1.54) is 0 Å². The van der Waals surface area contributed by atoms with E-state index in [0.717, 1.165) is 67.9 Å². The summed E-state index contributed by atoms with van der Waals surface area (Å²) in [5.41, 5.74) is 1.83. The van der Waals surface area contributed by atoms with Crippen LogP contribution in [0.25, 0.3) is 11.1 Å². The lowest BCUT2D eigenvalue weighted by atomic mass is 9.97. The third-order valence-electron chi connectivity index (χ3n) is 6.82. The Hall–Kier alpha value is -2.40. The maximum Gasteiger partial charge on any atom is 0.253 e. The first kappa shape index (κ1) is 23.7. The first-order chi connectivity index (χ1) is 15.8. The quantitative estimate of drug-likeness (QED) is 0.542. The van der Waals surface area contributed by atoms with Crippen molar-refractivity contribution in [3.63, 3.8) is 0 Å². The molecule has 0 bridgehead atoms. The number of carbonyl (C=O) groups is 1. The monoisotopic (exact) mass is 452 g/mol. The third kappa shape index (κ3) is 6.57. The molecule has 1 atom stereocenters. The number of rotatable bonds is 7.